The Labute approximate surface area is 158 Å². The number of carbonyl (C=O) groups excluding carboxylic acids is 1. The van der Waals surface area contributed by atoms with Gasteiger partial charge in [-0.05, 0) is 44.4 Å². The lowest BCUT2D eigenvalue weighted by Gasteiger charge is -2.20. The molecule has 4 rings (SSSR count). The zero-order chi connectivity index (χ0) is 18.8. The SMILES string of the molecule is Cc1ccc(C(=O)N2C[C@@H]3[C@H](CCOc4nccc(C)n4)CO[C@@H]3C2)cn1. The first-order chi connectivity index (χ1) is 13.1. The highest BCUT2D eigenvalue weighted by Crippen LogP contribution is 2.36. The average Bonchev–Trinajstić information content (AvgIpc) is 3.24. The summed E-state index contributed by atoms with van der Waals surface area (Å²) in [6, 6.07) is 5.97. The van der Waals surface area contributed by atoms with Gasteiger partial charge in [-0.25, -0.2) is 9.97 Å². The fraction of sp³-hybridized carbons (Fsp3) is 0.500. The molecule has 0 aliphatic carbocycles. The van der Waals surface area contributed by atoms with Gasteiger partial charge in [0.15, 0.2) is 0 Å². The molecule has 0 saturated carbocycles. The van der Waals surface area contributed by atoms with E-state index in [1.165, 1.54) is 0 Å². The predicted molar refractivity (Wildman–Crippen MR) is 98.5 cm³/mol. The fourth-order valence-corrected chi connectivity index (χ4v) is 3.84. The highest BCUT2D eigenvalue weighted by Gasteiger charge is 2.45. The molecule has 142 valence electrons. The molecule has 1 amide bonds. The van der Waals surface area contributed by atoms with Crippen LogP contribution in [-0.2, 0) is 4.74 Å². The molecule has 2 fully saturated rings. The second-order valence-corrected chi connectivity index (χ2v) is 7.31. The van der Waals surface area contributed by atoms with Gasteiger partial charge in [-0.15, -0.1) is 0 Å². The first-order valence-electron chi connectivity index (χ1n) is 9.36. The van der Waals surface area contributed by atoms with Crippen LogP contribution in [0.4, 0.5) is 0 Å². The summed E-state index contributed by atoms with van der Waals surface area (Å²) in [5.41, 5.74) is 2.43. The van der Waals surface area contributed by atoms with Crippen molar-refractivity contribution in [3.63, 3.8) is 0 Å². The van der Waals surface area contributed by atoms with E-state index in [0.29, 0.717) is 36.6 Å². The number of carbonyl (C=O) groups is 1. The summed E-state index contributed by atoms with van der Waals surface area (Å²) >= 11 is 0. The van der Waals surface area contributed by atoms with Gasteiger partial charge in [0, 0.05) is 42.8 Å². The van der Waals surface area contributed by atoms with Gasteiger partial charge in [0.05, 0.1) is 24.9 Å². The minimum absolute atomic E-state index is 0.0312. The molecule has 2 aliphatic heterocycles. The molecule has 0 unspecified atom stereocenters. The van der Waals surface area contributed by atoms with Crippen molar-refractivity contribution in [2.24, 2.45) is 11.8 Å². The number of hydrogen-bond donors (Lipinski definition) is 0. The van der Waals surface area contributed by atoms with Crippen molar-refractivity contribution in [3.05, 3.63) is 47.5 Å². The molecule has 0 bridgehead atoms. The molecule has 0 radical (unpaired) electrons. The molecular weight excluding hydrogens is 344 g/mol. The zero-order valence-electron chi connectivity index (χ0n) is 15.7. The highest BCUT2D eigenvalue weighted by molar-refractivity contribution is 5.94. The van der Waals surface area contributed by atoms with Crippen molar-refractivity contribution in [1.29, 1.82) is 0 Å². The van der Waals surface area contributed by atoms with Crippen molar-refractivity contribution in [2.75, 3.05) is 26.3 Å². The molecule has 3 atom stereocenters. The Morgan fingerprint density at radius 1 is 1.22 bits per heavy atom. The van der Waals surface area contributed by atoms with E-state index in [1.807, 2.05) is 36.9 Å². The minimum Gasteiger partial charge on any atom is -0.463 e. The maximum atomic E-state index is 12.7. The van der Waals surface area contributed by atoms with E-state index < -0.39 is 0 Å². The normalized spacial score (nSPS) is 24.1. The maximum absolute atomic E-state index is 12.7. The van der Waals surface area contributed by atoms with Gasteiger partial charge < -0.3 is 14.4 Å². The zero-order valence-corrected chi connectivity index (χ0v) is 15.7. The number of pyridine rings is 1. The second kappa shape index (κ2) is 7.60. The Balaban J connectivity index is 1.31. The molecule has 0 spiro atoms. The standard InChI is InChI=1S/C20H24N4O3/c1-13-3-4-15(9-22-13)19(25)24-10-17-16(12-27-18(17)11-24)6-8-26-20-21-7-5-14(2)23-20/h3-5,7,9,16-18H,6,8,10-12H2,1-2H3/t16-,17-,18-/m1/s1. The number of aryl methyl sites for hydroxylation is 2. The van der Waals surface area contributed by atoms with Gasteiger partial charge in [0.1, 0.15) is 0 Å². The number of likely N-dealkylation sites (tertiary alicyclic amines) is 1. The Morgan fingerprint density at radius 3 is 2.89 bits per heavy atom. The van der Waals surface area contributed by atoms with E-state index >= 15 is 0 Å². The summed E-state index contributed by atoms with van der Waals surface area (Å²) in [5.74, 6) is 0.770. The lowest BCUT2D eigenvalue weighted by molar-refractivity contribution is 0.0671. The molecular formula is C20H24N4O3. The Kier molecular flexibility index (Phi) is 5.03. The summed E-state index contributed by atoms with van der Waals surface area (Å²) < 4.78 is 11.6. The first kappa shape index (κ1) is 17.9. The molecule has 2 saturated heterocycles. The number of amides is 1. The molecule has 0 aromatic carbocycles. The lowest BCUT2D eigenvalue weighted by atomic mass is 9.91. The smallest absolute Gasteiger partial charge is 0.316 e. The van der Waals surface area contributed by atoms with Crippen molar-refractivity contribution >= 4 is 5.91 Å². The first-order valence-corrected chi connectivity index (χ1v) is 9.36. The molecule has 27 heavy (non-hydrogen) atoms. The van der Waals surface area contributed by atoms with Crippen LogP contribution in [0, 0.1) is 25.7 Å². The van der Waals surface area contributed by atoms with Crippen LogP contribution in [0.3, 0.4) is 0 Å². The van der Waals surface area contributed by atoms with Crippen LogP contribution < -0.4 is 4.74 Å². The number of ether oxygens (including phenoxy) is 2. The Morgan fingerprint density at radius 2 is 2.11 bits per heavy atom. The number of aromatic nitrogens is 3. The van der Waals surface area contributed by atoms with Crippen molar-refractivity contribution in [3.8, 4) is 6.01 Å². The largest absolute Gasteiger partial charge is 0.463 e. The van der Waals surface area contributed by atoms with Crippen molar-refractivity contribution in [1.82, 2.24) is 19.9 Å². The fourth-order valence-electron chi connectivity index (χ4n) is 3.84. The van der Waals surface area contributed by atoms with E-state index in [2.05, 4.69) is 15.0 Å². The van der Waals surface area contributed by atoms with Crippen molar-refractivity contribution < 1.29 is 14.3 Å². The molecule has 2 aliphatic rings. The summed E-state index contributed by atoms with van der Waals surface area (Å²) in [6.07, 6.45) is 4.34. The lowest BCUT2D eigenvalue weighted by Crippen LogP contribution is -2.31. The number of rotatable bonds is 5. The monoisotopic (exact) mass is 368 g/mol. The summed E-state index contributed by atoms with van der Waals surface area (Å²) in [4.78, 5) is 27.2. The molecule has 2 aromatic rings. The van der Waals surface area contributed by atoms with Crippen LogP contribution in [0.15, 0.2) is 30.6 Å². The predicted octanol–water partition coefficient (Wildman–Crippen LogP) is 2.04. The number of fused-ring (bicyclic) bond motifs is 1. The number of hydrogen-bond acceptors (Lipinski definition) is 6. The third-order valence-corrected chi connectivity index (χ3v) is 5.38. The summed E-state index contributed by atoms with van der Waals surface area (Å²) in [5, 5.41) is 0. The molecule has 0 N–H and O–H groups in total. The molecule has 7 nitrogen and oxygen atoms in total. The minimum atomic E-state index is 0.0312. The molecule has 7 heteroatoms. The second-order valence-electron chi connectivity index (χ2n) is 7.31. The van der Waals surface area contributed by atoms with E-state index in [0.717, 1.165) is 31.0 Å². The Bertz CT molecular complexity index is 811. The van der Waals surface area contributed by atoms with Gasteiger partial charge in [0.25, 0.3) is 5.91 Å². The van der Waals surface area contributed by atoms with E-state index in [9.17, 15) is 4.79 Å². The average molecular weight is 368 g/mol. The molecule has 4 heterocycles. The van der Waals surface area contributed by atoms with Crippen LogP contribution in [0.1, 0.15) is 28.2 Å². The Hall–Kier alpha value is -2.54. The van der Waals surface area contributed by atoms with Crippen LogP contribution in [0.2, 0.25) is 0 Å². The van der Waals surface area contributed by atoms with Gasteiger partial charge in [0.2, 0.25) is 0 Å². The highest BCUT2D eigenvalue weighted by atomic mass is 16.5. The van der Waals surface area contributed by atoms with E-state index in [-0.39, 0.29) is 12.0 Å². The molecule has 2 aromatic heterocycles. The van der Waals surface area contributed by atoms with Crippen LogP contribution >= 0.6 is 0 Å². The van der Waals surface area contributed by atoms with Crippen molar-refractivity contribution in [2.45, 2.75) is 26.4 Å². The van der Waals surface area contributed by atoms with Crippen LogP contribution in [0.5, 0.6) is 6.01 Å². The van der Waals surface area contributed by atoms with Gasteiger partial charge in [-0.2, -0.15) is 0 Å². The van der Waals surface area contributed by atoms with E-state index in [1.54, 1.807) is 12.4 Å². The maximum Gasteiger partial charge on any atom is 0.316 e. The third kappa shape index (κ3) is 3.93. The van der Waals surface area contributed by atoms with Gasteiger partial charge in [-0.3, -0.25) is 9.78 Å². The third-order valence-electron chi connectivity index (χ3n) is 5.38. The quantitative estimate of drug-likeness (QED) is 0.804. The van der Waals surface area contributed by atoms with Gasteiger partial charge >= 0.3 is 6.01 Å². The van der Waals surface area contributed by atoms with Gasteiger partial charge in [-0.1, -0.05) is 0 Å². The van der Waals surface area contributed by atoms with E-state index in [4.69, 9.17) is 9.47 Å². The summed E-state index contributed by atoms with van der Waals surface area (Å²) in [6.45, 7) is 6.48. The number of nitrogens with zero attached hydrogens (tertiary/aromatic N) is 4. The summed E-state index contributed by atoms with van der Waals surface area (Å²) in [7, 11) is 0. The van der Waals surface area contributed by atoms with Crippen LogP contribution in [0.25, 0.3) is 0 Å². The topological polar surface area (TPSA) is 77.4 Å². The van der Waals surface area contributed by atoms with Crippen LogP contribution in [-0.4, -0.2) is 58.2 Å².